The van der Waals surface area contributed by atoms with Crippen molar-refractivity contribution in [2.45, 2.75) is 32.6 Å². The van der Waals surface area contributed by atoms with Crippen LogP contribution in [-0.2, 0) is 21.9 Å². The molecule has 0 saturated heterocycles. The van der Waals surface area contributed by atoms with Crippen molar-refractivity contribution < 1.29 is 21.9 Å². The first-order chi connectivity index (χ1) is 9.38. The van der Waals surface area contributed by atoms with Gasteiger partial charge in [0.15, 0.2) is 0 Å². The molecule has 0 heterocycles. The van der Waals surface area contributed by atoms with Crippen molar-refractivity contribution in [1.29, 1.82) is 0 Å². The molecule has 0 atom stereocenters. The summed E-state index contributed by atoms with van der Waals surface area (Å²) in [5.74, 6) is 1.83. The van der Waals surface area contributed by atoms with Crippen LogP contribution in [0.25, 0.3) is 0 Å². The fourth-order valence-corrected chi connectivity index (χ4v) is 1.75. The third-order valence-corrected chi connectivity index (χ3v) is 2.84. The fourth-order valence-electron chi connectivity index (χ4n) is 1.75. The standard InChI is InChI=1S/C13H17O.C5H5.Fe/c1-2-3-4-5-6-8-12-9-7-10-13(12)11-14;1-2-4-5-3-1;/h6-11H,2-5H2,1H3;1-5H;/q;;+2/b8-6-;;. The molecule has 106 valence electrons. The minimum atomic E-state index is 0. The van der Waals surface area contributed by atoms with Gasteiger partial charge in [-0.05, 0) is 64.2 Å². The second kappa shape index (κ2) is 13.9. The molecule has 20 heavy (non-hydrogen) atoms. The third kappa shape index (κ3) is 8.97. The zero-order valence-corrected chi connectivity index (χ0v) is 13.0. The van der Waals surface area contributed by atoms with Gasteiger partial charge in [0.2, 0.25) is 0 Å². The van der Waals surface area contributed by atoms with Crippen LogP contribution in [0.4, 0.5) is 0 Å². The second-order valence-electron chi connectivity index (χ2n) is 4.41. The van der Waals surface area contributed by atoms with Gasteiger partial charge in [0.05, 0.1) is 5.92 Å². The predicted octanol–water partition coefficient (Wildman–Crippen LogP) is 4.12. The van der Waals surface area contributed by atoms with Crippen LogP contribution in [0.5, 0.6) is 0 Å². The number of aldehydes is 1. The molecule has 0 unspecified atom stereocenters. The van der Waals surface area contributed by atoms with E-state index in [2.05, 4.69) is 13.0 Å². The van der Waals surface area contributed by atoms with Gasteiger partial charge in [-0.2, -0.15) is 0 Å². The van der Waals surface area contributed by atoms with Crippen molar-refractivity contribution in [3.8, 4) is 0 Å². The van der Waals surface area contributed by atoms with Crippen LogP contribution in [0.15, 0.2) is 12.2 Å². The molecule has 0 bridgehead atoms. The number of rotatable bonds is 6. The molecule has 2 heteroatoms. The molecular weight excluding hydrogens is 288 g/mol. The van der Waals surface area contributed by atoms with E-state index in [0.29, 0.717) is 0 Å². The summed E-state index contributed by atoms with van der Waals surface area (Å²) in [5, 5.41) is 0. The summed E-state index contributed by atoms with van der Waals surface area (Å²) in [6.07, 6.45) is 25.7. The van der Waals surface area contributed by atoms with E-state index in [1.54, 1.807) is 0 Å². The van der Waals surface area contributed by atoms with E-state index in [1.165, 1.54) is 19.3 Å². The second-order valence-corrected chi connectivity index (χ2v) is 4.41. The predicted molar refractivity (Wildman–Crippen MR) is 80.2 cm³/mol. The first-order valence-electron chi connectivity index (χ1n) is 6.92. The smallest absolute Gasteiger partial charge is 0.303 e. The van der Waals surface area contributed by atoms with E-state index in [9.17, 15) is 4.79 Å². The molecule has 0 aromatic rings. The maximum atomic E-state index is 10.6. The van der Waals surface area contributed by atoms with E-state index in [-0.39, 0.29) is 17.1 Å². The topological polar surface area (TPSA) is 17.1 Å². The zero-order chi connectivity index (χ0) is 13.8. The third-order valence-electron chi connectivity index (χ3n) is 2.84. The van der Waals surface area contributed by atoms with E-state index >= 15 is 0 Å². The zero-order valence-electron chi connectivity index (χ0n) is 11.9. The molecule has 2 aliphatic carbocycles. The summed E-state index contributed by atoms with van der Waals surface area (Å²) >= 11 is 0. The molecule has 0 aromatic heterocycles. The summed E-state index contributed by atoms with van der Waals surface area (Å²) < 4.78 is 0. The largest absolute Gasteiger partial charge is 2.00 e. The van der Waals surface area contributed by atoms with Gasteiger partial charge >= 0.3 is 17.1 Å². The number of carbonyl (C=O) groups excluding carboxylic acids is 1. The first-order valence-corrected chi connectivity index (χ1v) is 6.92. The normalized spacial score (nSPS) is 19.6. The van der Waals surface area contributed by atoms with Gasteiger partial charge in [0.1, 0.15) is 6.29 Å². The van der Waals surface area contributed by atoms with Gasteiger partial charge in [-0.15, -0.1) is 0 Å². The van der Waals surface area contributed by atoms with Crippen LogP contribution in [0.2, 0.25) is 0 Å². The average molecular weight is 310 g/mol. The van der Waals surface area contributed by atoms with Crippen LogP contribution in [0, 0.1) is 63.2 Å². The molecule has 0 amide bonds. The molecule has 0 aliphatic heterocycles. The van der Waals surface area contributed by atoms with Crippen LogP contribution < -0.4 is 0 Å². The first kappa shape index (κ1) is 19.9. The maximum absolute atomic E-state index is 10.6. The number of hydrogen-bond donors (Lipinski definition) is 0. The van der Waals surface area contributed by atoms with Crippen molar-refractivity contribution >= 4 is 6.29 Å². The summed E-state index contributed by atoms with van der Waals surface area (Å²) in [4.78, 5) is 10.6. The summed E-state index contributed by atoms with van der Waals surface area (Å²) in [5.41, 5.74) is 0. The number of allylic oxidation sites excluding steroid dienone is 2. The molecule has 10 radical (unpaired) electrons. The van der Waals surface area contributed by atoms with Gasteiger partial charge in [-0.25, -0.2) is 0 Å². The Morgan fingerprint density at radius 3 is 2.05 bits per heavy atom. The Labute approximate surface area is 136 Å². The van der Waals surface area contributed by atoms with Gasteiger partial charge in [0.25, 0.3) is 0 Å². The molecule has 1 nitrogen and oxygen atoms in total. The fraction of sp³-hybridized carbons (Fsp3) is 0.278. The van der Waals surface area contributed by atoms with Crippen molar-refractivity contribution in [2.24, 2.45) is 0 Å². The Hall–Kier alpha value is -0.0705. The minimum absolute atomic E-state index is 0. The Kier molecular flexibility index (Phi) is 13.8. The van der Waals surface area contributed by atoms with Gasteiger partial charge in [0, 0.05) is 5.92 Å². The van der Waals surface area contributed by atoms with Crippen LogP contribution in [-0.4, -0.2) is 6.29 Å². The maximum Gasteiger partial charge on any atom is 2.00 e. The monoisotopic (exact) mass is 310 g/mol. The van der Waals surface area contributed by atoms with Crippen LogP contribution >= 0.6 is 0 Å². The van der Waals surface area contributed by atoms with Crippen LogP contribution in [0.3, 0.4) is 0 Å². The van der Waals surface area contributed by atoms with Crippen molar-refractivity contribution in [1.82, 2.24) is 0 Å². The summed E-state index contributed by atoms with van der Waals surface area (Å²) in [6.45, 7) is 2.20. The van der Waals surface area contributed by atoms with E-state index < -0.39 is 0 Å². The Morgan fingerprint density at radius 2 is 1.50 bits per heavy atom. The summed E-state index contributed by atoms with van der Waals surface area (Å²) in [6, 6.07) is 0. The molecule has 2 fully saturated rings. The molecular formula is C18H22FeO+2. The Balaban J connectivity index is 0.000000507. The quantitative estimate of drug-likeness (QED) is 0.410. The molecule has 0 N–H and O–H groups in total. The van der Waals surface area contributed by atoms with E-state index in [0.717, 1.165) is 24.5 Å². The molecule has 2 rings (SSSR count). The van der Waals surface area contributed by atoms with E-state index in [4.69, 9.17) is 0 Å². The van der Waals surface area contributed by atoms with E-state index in [1.807, 2.05) is 57.4 Å². The number of unbranched alkanes of at least 4 members (excludes halogenated alkanes) is 3. The van der Waals surface area contributed by atoms with Crippen molar-refractivity contribution in [2.75, 3.05) is 0 Å². The molecule has 0 aromatic carbocycles. The minimum Gasteiger partial charge on any atom is -0.303 e. The van der Waals surface area contributed by atoms with Gasteiger partial charge in [-0.3, -0.25) is 0 Å². The summed E-state index contributed by atoms with van der Waals surface area (Å²) in [7, 11) is 0. The average Bonchev–Trinajstić information content (AvgIpc) is 3.12. The SMILES string of the molecule is CCCCC/C=C\[C]1[CH][CH][CH][C]1C=O.[CH]1[CH][CH][CH][CH]1.[Fe+2]. The number of hydrogen-bond acceptors (Lipinski definition) is 1. The van der Waals surface area contributed by atoms with Crippen molar-refractivity contribution in [3.05, 3.63) is 75.4 Å². The van der Waals surface area contributed by atoms with Crippen LogP contribution in [0.1, 0.15) is 32.6 Å². The van der Waals surface area contributed by atoms with Gasteiger partial charge < -0.3 is 4.79 Å². The van der Waals surface area contributed by atoms with Gasteiger partial charge in [-0.1, -0.05) is 31.9 Å². The molecule has 2 aliphatic rings. The molecule has 2 saturated carbocycles. The Morgan fingerprint density at radius 1 is 0.900 bits per heavy atom. The molecule has 0 spiro atoms. The number of carbonyl (C=O) groups is 1. The Bertz CT molecular complexity index is 238. The van der Waals surface area contributed by atoms with Crippen molar-refractivity contribution in [3.63, 3.8) is 0 Å².